The number of pyridine rings is 1. The predicted molar refractivity (Wildman–Crippen MR) is 92.6 cm³/mol. The first-order chi connectivity index (χ1) is 11.1. The summed E-state index contributed by atoms with van der Waals surface area (Å²) in [6, 6.07) is 8.29. The Labute approximate surface area is 140 Å². The summed E-state index contributed by atoms with van der Waals surface area (Å²) in [4.78, 5) is 23.9. The van der Waals surface area contributed by atoms with Gasteiger partial charge in [0.15, 0.2) is 0 Å². The molecule has 2 saturated heterocycles. The summed E-state index contributed by atoms with van der Waals surface area (Å²) < 4.78 is 0. The lowest BCUT2D eigenvalue weighted by Crippen LogP contribution is -2.31. The van der Waals surface area contributed by atoms with Crippen molar-refractivity contribution >= 4 is 22.9 Å². The van der Waals surface area contributed by atoms with Gasteiger partial charge in [0.1, 0.15) is 0 Å². The first kappa shape index (κ1) is 14.8. The molecule has 2 aliphatic heterocycles. The van der Waals surface area contributed by atoms with Crippen LogP contribution in [-0.2, 0) is 11.3 Å². The minimum atomic E-state index is 0.124. The van der Waals surface area contributed by atoms with Crippen LogP contribution in [0.2, 0.25) is 0 Å². The molecule has 0 bridgehead atoms. The molecule has 0 N–H and O–H groups in total. The van der Waals surface area contributed by atoms with Gasteiger partial charge < -0.3 is 4.90 Å². The summed E-state index contributed by atoms with van der Waals surface area (Å²) in [6.07, 6.45) is 5.32. The fourth-order valence-corrected chi connectivity index (χ4v) is 4.80. The van der Waals surface area contributed by atoms with E-state index in [1.807, 2.05) is 28.4 Å². The maximum Gasteiger partial charge on any atom is 0.227 e. The number of rotatable bonds is 3. The molecule has 4 nitrogen and oxygen atoms in total. The van der Waals surface area contributed by atoms with Gasteiger partial charge in [0.2, 0.25) is 5.91 Å². The monoisotopic (exact) mass is 327 g/mol. The third kappa shape index (κ3) is 2.91. The Hall–Kier alpha value is -1.72. The molecule has 4 heterocycles. The maximum absolute atomic E-state index is 12.5. The Morgan fingerprint density at radius 3 is 2.96 bits per heavy atom. The van der Waals surface area contributed by atoms with E-state index in [9.17, 15) is 4.79 Å². The van der Waals surface area contributed by atoms with E-state index < -0.39 is 0 Å². The number of carbonyl (C=O) groups is 1. The van der Waals surface area contributed by atoms with Crippen molar-refractivity contribution < 1.29 is 4.79 Å². The van der Waals surface area contributed by atoms with Gasteiger partial charge in [-0.3, -0.25) is 14.7 Å². The van der Waals surface area contributed by atoms with E-state index in [1.54, 1.807) is 12.4 Å². The van der Waals surface area contributed by atoms with Crippen molar-refractivity contribution in [1.82, 2.24) is 9.88 Å². The van der Waals surface area contributed by atoms with Crippen molar-refractivity contribution in [1.29, 1.82) is 0 Å². The summed E-state index contributed by atoms with van der Waals surface area (Å²) in [7, 11) is 0. The van der Waals surface area contributed by atoms with Gasteiger partial charge in [-0.05, 0) is 44.2 Å². The zero-order valence-corrected chi connectivity index (χ0v) is 14.2. The molecule has 2 aromatic heterocycles. The molecule has 0 unspecified atom stereocenters. The number of thiophene rings is 1. The van der Waals surface area contributed by atoms with Crippen LogP contribution in [0.3, 0.4) is 0 Å². The molecule has 2 aliphatic rings. The van der Waals surface area contributed by atoms with Gasteiger partial charge in [0.05, 0.1) is 11.9 Å². The molecule has 0 radical (unpaired) electrons. The molecule has 23 heavy (non-hydrogen) atoms. The quantitative estimate of drug-likeness (QED) is 0.869. The van der Waals surface area contributed by atoms with E-state index >= 15 is 0 Å². The van der Waals surface area contributed by atoms with E-state index in [-0.39, 0.29) is 11.3 Å². The molecular weight excluding hydrogens is 306 g/mol. The maximum atomic E-state index is 12.5. The molecule has 1 spiro atoms. The average Bonchev–Trinajstić information content (AvgIpc) is 3.22. The second-order valence-corrected chi connectivity index (χ2v) is 8.21. The molecule has 0 aromatic carbocycles. The first-order valence-electron chi connectivity index (χ1n) is 8.12. The highest BCUT2D eigenvalue weighted by molar-refractivity contribution is 7.11. The van der Waals surface area contributed by atoms with Crippen LogP contribution in [-0.4, -0.2) is 35.4 Å². The molecule has 1 atom stereocenters. The van der Waals surface area contributed by atoms with Gasteiger partial charge in [0.25, 0.3) is 0 Å². The van der Waals surface area contributed by atoms with Gasteiger partial charge in [-0.25, -0.2) is 0 Å². The number of carbonyl (C=O) groups excluding carboxylic acids is 1. The van der Waals surface area contributed by atoms with Crippen LogP contribution in [0.25, 0.3) is 0 Å². The Kier molecular flexibility index (Phi) is 3.70. The third-order valence-corrected chi connectivity index (χ3v) is 5.96. The smallest absolute Gasteiger partial charge is 0.227 e. The van der Waals surface area contributed by atoms with E-state index in [0.29, 0.717) is 6.42 Å². The second-order valence-electron chi connectivity index (χ2n) is 6.84. The summed E-state index contributed by atoms with van der Waals surface area (Å²) >= 11 is 1.88. The van der Waals surface area contributed by atoms with Crippen LogP contribution in [0.4, 0.5) is 5.69 Å². The van der Waals surface area contributed by atoms with Crippen molar-refractivity contribution in [2.75, 3.05) is 24.5 Å². The number of aromatic nitrogens is 1. The number of aryl methyl sites for hydroxylation is 1. The summed E-state index contributed by atoms with van der Waals surface area (Å²) in [6.45, 7) is 6.11. The van der Waals surface area contributed by atoms with E-state index in [1.165, 1.54) is 9.75 Å². The normalized spacial score (nSPS) is 24.9. The van der Waals surface area contributed by atoms with Gasteiger partial charge in [0, 0.05) is 47.4 Å². The highest BCUT2D eigenvalue weighted by atomic mass is 32.1. The summed E-state index contributed by atoms with van der Waals surface area (Å²) in [5.74, 6) is 0.242. The number of hydrogen-bond donors (Lipinski definition) is 0. The number of hydrogen-bond acceptors (Lipinski definition) is 4. The molecule has 0 aliphatic carbocycles. The van der Waals surface area contributed by atoms with Crippen molar-refractivity contribution in [2.24, 2.45) is 5.41 Å². The molecule has 4 rings (SSSR count). The third-order valence-electron chi connectivity index (χ3n) is 4.97. The van der Waals surface area contributed by atoms with Gasteiger partial charge in [-0.1, -0.05) is 0 Å². The molecule has 1 amide bonds. The summed E-state index contributed by atoms with van der Waals surface area (Å²) in [5, 5.41) is 0. The lowest BCUT2D eigenvalue weighted by molar-refractivity contribution is -0.117. The average molecular weight is 327 g/mol. The van der Waals surface area contributed by atoms with Gasteiger partial charge >= 0.3 is 0 Å². The SMILES string of the molecule is Cc1ccc(CN2CC[C@]3(CC(=O)N(c4cccnc4)C3)C2)s1. The van der Waals surface area contributed by atoms with Crippen LogP contribution >= 0.6 is 11.3 Å². The zero-order chi connectivity index (χ0) is 15.9. The lowest BCUT2D eigenvalue weighted by atomic mass is 9.86. The van der Waals surface area contributed by atoms with Crippen LogP contribution in [0, 0.1) is 12.3 Å². The fourth-order valence-electron chi connectivity index (χ4n) is 3.87. The van der Waals surface area contributed by atoms with E-state index in [4.69, 9.17) is 0 Å². The highest BCUT2D eigenvalue weighted by Crippen LogP contribution is 2.42. The molecule has 2 aromatic rings. The molecule has 2 fully saturated rings. The number of likely N-dealkylation sites (tertiary alicyclic amines) is 1. The largest absolute Gasteiger partial charge is 0.310 e. The minimum absolute atomic E-state index is 0.124. The van der Waals surface area contributed by atoms with Crippen LogP contribution in [0.5, 0.6) is 0 Å². The van der Waals surface area contributed by atoms with Gasteiger partial charge in [-0.15, -0.1) is 11.3 Å². The van der Waals surface area contributed by atoms with Crippen LogP contribution in [0.15, 0.2) is 36.7 Å². The predicted octanol–water partition coefficient (Wildman–Crippen LogP) is 3.08. The van der Waals surface area contributed by atoms with Gasteiger partial charge in [-0.2, -0.15) is 0 Å². The molecule has 0 saturated carbocycles. The first-order valence-corrected chi connectivity index (χ1v) is 8.93. The Balaban J connectivity index is 1.45. The lowest BCUT2D eigenvalue weighted by Gasteiger charge is -2.24. The van der Waals surface area contributed by atoms with Crippen LogP contribution in [0.1, 0.15) is 22.6 Å². The standard InChI is InChI=1S/C18H21N3OS/c1-14-4-5-16(23-14)11-20-8-6-18(12-20)9-17(22)21(13-18)15-3-2-7-19-10-15/h2-5,7,10H,6,8-9,11-13H2,1H3/t18-/m0/s1. The second kappa shape index (κ2) is 5.73. The topological polar surface area (TPSA) is 36.4 Å². The zero-order valence-electron chi connectivity index (χ0n) is 13.4. The Morgan fingerprint density at radius 2 is 2.22 bits per heavy atom. The molecule has 5 heteroatoms. The van der Waals surface area contributed by atoms with Crippen molar-refractivity contribution in [3.63, 3.8) is 0 Å². The van der Waals surface area contributed by atoms with E-state index in [2.05, 4.69) is 28.9 Å². The number of amides is 1. The van der Waals surface area contributed by atoms with E-state index in [0.717, 1.165) is 38.3 Å². The van der Waals surface area contributed by atoms with Crippen molar-refractivity contribution in [2.45, 2.75) is 26.3 Å². The van der Waals surface area contributed by atoms with Crippen LogP contribution < -0.4 is 4.90 Å². The minimum Gasteiger partial charge on any atom is -0.310 e. The molecular formula is C18H21N3OS. The Bertz CT molecular complexity index is 714. The fraction of sp³-hybridized carbons (Fsp3) is 0.444. The van der Waals surface area contributed by atoms with Crippen molar-refractivity contribution in [3.05, 3.63) is 46.4 Å². The Morgan fingerprint density at radius 1 is 1.30 bits per heavy atom. The molecule has 120 valence electrons. The number of nitrogens with zero attached hydrogens (tertiary/aromatic N) is 3. The van der Waals surface area contributed by atoms with Crippen molar-refractivity contribution in [3.8, 4) is 0 Å². The number of anilines is 1. The highest BCUT2D eigenvalue weighted by Gasteiger charge is 2.47. The summed E-state index contributed by atoms with van der Waals surface area (Å²) in [5.41, 5.74) is 1.06.